The van der Waals surface area contributed by atoms with Crippen LogP contribution in [0.25, 0.3) is 44.1 Å². The van der Waals surface area contributed by atoms with Crippen LogP contribution in [0.15, 0.2) is 96.1 Å². The normalized spacial score (nSPS) is 14.2. The predicted octanol–water partition coefficient (Wildman–Crippen LogP) is 6.25. The molecular formula is C43H38N6O4. The monoisotopic (exact) mass is 702 g/mol. The van der Waals surface area contributed by atoms with Gasteiger partial charge in [-0.15, -0.1) is 0 Å². The van der Waals surface area contributed by atoms with E-state index in [4.69, 9.17) is 4.98 Å². The van der Waals surface area contributed by atoms with E-state index in [1.54, 1.807) is 16.8 Å². The number of aromatic nitrogens is 3. The molecule has 0 radical (unpaired) electrons. The highest BCUT2D eigenvalue weighted by molar-refractivity contribution is 6.05. The number of carbonyl (C=O) groups excluding carboxylic acids is 3. The van der Waals surface area contributed by atoms with Gasteiger partial charge in [-0.3, -0.25) is 34.5 Å². The molecule has 1 aliphatic rings. The summed E-state index contributed by atoms with van der Waals surface area (Å²) in [6.45, 7) is 6.28. The lowest BCUT2D eigenvalue weighted by Crippen LogP contribution is -2.47. The topological polar surface area (TPSA) is 135 Å². The molecule has 3 aromatic carbocycles. The maximum atomic E-state index is 12.9. The van der Waals surface area contributed by atoms with Crippen LogP contribution in [0.5, 0.6) is 0 Å². The molecule has 0 saturated carbocycles. The van der Waals surface area contributed by atoms with Gasteiger partial charge in [-0.1, -0.05) is 56.0 Å². The maximum absolute atomic E-state index is 12.9. The molecule has 1 unspecified atom stereocenters. The fraction of sp³-hybridized carbons (Fsp3) is 0.209. The number of fused-ring (bicyclic) bond motifs is 2. The Bertz CT molecular complexity index is 2560. The number of aryl methyl sites for hydroxylation is 2. The van der Waals surface area contributed by atoms with Gasteiger partial charge in [0.1, 0.15) is 11.7 Å². The van der Waals surface area contributed by atoms with Crippen LogP contribution >= 0.6 is 0 Å². The van der Waals surface area contributed by atoms with Gasteiger partial charge in [0.15, 0.2) is 0 Å². The lowest BCUT2D eigenvalue weighted by molar-refractivity contribution is -0.133. The average molecular weight is 703 g/mol. The second-order valence-electron chi connectivity index (χ2n) is 13.6. The van der Waals surface area contributed by atoms with Crippen molar-refractivity contribution in [3.05, 3.63) is 124 Å². The van der Waals surface area contributed by atoms with Crippen LogP contribution < -0.4 is 21.5 Å². The first-order valence-electron chi connectivity index (χ1n) is 17.5. The van der Waals surface area contributed by atoms with Crippen LogP contribution in [0, 0.1) is 18.8 Å². The van der Waals surface area contributed by atoms with Gasteiger partial charge in [0.2, 0.25) is 11.8 Å². The molecule has 0 spiro atoms. The number of pyridine rings is 3. The van der Waals surface area contributed by atoms with E-state index in [-0.39, 0.29) is 41.4 Å². The summed E-state index contributed by atoms with van der Waals surface area (Å²) in [7, 11) is 1.83. The Morgan fingerprint density at radius 3 is 2.55 bits per heavy atom. The Hall–Kier alpha value is -6.60. The third kappa shape index (κ3) is 7.28. The van der Waals surface area contributed by atoms with E-state index in [0.29, 0.717) is 24.0 Å². The predicted molar refractivity (Wildman–Crippen MR) is 207 cm³/mol. The molecule has 0 bridgehead atoms. The molecular weight excluding hydrogens is 665 g/mol. The number of benzene rings is 3. The third-order valence-electron chi connectivity index (χ3n) is 9.57. The molecule has 1 aliphatic heterocycles. The number of carbonyl (C=O) groups is 3. The van der Waals surface area contributed by atoms with Crippen molar-refractivity contribution in [1.29, 1.82) is 0 Å². The number of hydrogen-bond acceptors (Lipinski definition) is 7. The van der Waals surface area contributed by atoms with Crippen molar-refractivity contribution in [2.45, 2.75) is 45.6 Å². The molecule has 1 atom stereocenters. The molecule has 1 fully saturated rings. The third-order valence-corrected chi connectivity index (χ3v) is 9.57. The smallest absolute Gasteiger partial charge is 0.270 e. The molecule has 10 nitrogen and oxygen atoms in total. The van der Waals surface area contributed by atoms with Gasteiger partial charge in [-0.25, -0.2) is 0 Å². The molecule has 4 heterocycles. The zero-order valence-electron chi connectivity index (χ0n) is 29.9. The minimum Gasteiger partial charge on any atom is -0.374 e. The summed E-state index contributed by atoms with van der Waals surface area (Å²) in [5, 5.41) is 11.3. The lowest BCUT2D eigenvalue weighted by Gasteiger charge is -2.22. The number of anilines is 1. The Morgan fingerprint density at radius 2 is 1.77 bits per heavy atom. The summed E-state index contributed by atoms with van der Waals surface area (Å²) >= 11 is 0. The Kier molecular flexibility index (Phi) is 9.57. The minimum atomic E-state index is -0.484. The first-order valence-corrected chi connectivity index (χ1v) is 17.5. The quantitative estimate of drug-likeness (QED) is 0.132. The summed E-state index contributed by atoms with van der Waals surface area (Å²) in [6, 6.07) is 24.9. The van der Waals surface area contributed by atoms with Crippen LogP contribution in [0.3, 0.4) is 0 Å². The highest BCUT2D eigenvalue weighted by atomic mass is 16.2. The summed E-state index contributed by atoms with van der Waals surface area (Å²) in [4.78, 5) is 58.4. The van der Waals surface area contributed by atoms with Crippen molar-refractivity contribution in [3.63, 3.8) is 0 Å². The van der Waals surface area contributed by atoms with Crippen molar-refractivity contribution >= 4 is 45.1 Å². The fourth-order valence-corrected chi connectivity index (χ4v) is 6.62. The second-order valence-corrected chi connectivity index (χ2v) is 13.6. The molecule has 3 aromatic heterocycles. The number of nitrogens with one attached hydrogen (secondary N) is 3. The van der Waals surface area contributed by atoms with Crippen molar-refractivity contribution < 1.29 is 14.4 Å². The summed E-state index contributed by atoms with van der Waals surface area (Å²) in [5.74, 6) is 5.32. The van der Waals surface area contributed by atoms with Gasteiger partial charge < -0.3 is 15.2 Å². The van der Waals surface area contributed by atoms with E-state index in [0.717, 1.165) is 55.3 Å². The molecule has 3 amide bonds. The summed E-state index contributed by atoms with van der Waals surface area (Å²) in [5.41, 5.74) is 8.05. The number of amides is 3. The van der Waals surface area contributed by atoms with Crippen molar-refractivity contribution in [3.8, 4) is 34.2 Å². The Balaban J connectivity index is 1.05. The molecule has 3 N–H and O–H groups in total. The molecule has 53 heavy (non-hydrogen) atoms. The van der Waals surface area contributed by atoms with E-state index in [1.807, 2.05) is 68.7 Å². The van der Waals surface area contributed by atoms with E-state index in [1.165, 1.54) is 0 Å². The molecule has 264 valence electrons. The van der Waals surface area contributed by atoms with Gasteiger partial charge >= 0.3 is 0 Å². The van der Waals surface area contributed by atoms with E-state index < -0.39 is 6.04 Å². The van der Waals surface area contributed by atoms with Crippen LogP contribution in [-0.4, -0.2) is 44.8 Å². The molecule has 7 rings (SSSR count). The Morgan fingerprint density at radius 1 is 0.943 bits per heavy atom. The van der Waals surface area contributed by atoms with E-state index >= 15 is 0 Å². The number of imide groups is 1. The van der Waals surface area contributed by atoms with Crippen LogP contribution in [0.4, 0.5) is 5.69 Å². The highest BCUT2D eigenvalue weighted by Crippen LogP contribution is 2.37. The van der Waals surface area contributed by atoms with Gasteiger partial charge in [0.25, 0.3) is 11.5 Å². The number of piperidine rings is 1. The first-order chi connectivity index (χ1) is 25.5. The molecule has 0 aliphatic carbocycles. The zero-order valence-corrected chi connectivity index (χ0v) is 29.9. The van der Waals surface area contributed by atoms with Crippen LogP contribution in [-0.2, 0) is 16.6 Å². The van der Waals surface area contributed by atoms with Gasteiger partial charge in [0, 0.05) is 59.0 Å². The van der Waals surface area contributed by atoms with E-state index in [9.17, 15) is 19.2 Å². The minimum absolute atomic E-state index is 0.000417. The molecule has 6 aromatic rings. The number of nitrogens with zero attached hydrogens (tertiary/aromatic N) is 3. The molecule has 1 saturated heterocycles. The summed E-state index contributed by atoms with van der Waals surface area (Å²) < 4.78 is 1.73. The lowest BCUT2D eigenvalue weighted by atomic mass is 9.91. The largest absolute Gasteiger partial charge is 0.374 e. The van der Waals surface area contributed by atoms with Crippen LogP contribution in [0.2, 0.25) is 0 Å². The van der Waals surface area contributed by atoms with Crippen molar-refractivity contribution in [2.75, 3.05) is 11.9 Å². The Labute approximate surface area is 306 Å². The van der Waals surface area contributed by atoms with Gasteiger partial charge in [-0.05, 0) is 89.9 Å². The standard InChI is InChI=1S/C43H38N6O4/c1-25(2)30-20-33(34-18-26(3)43(53)49(4)39(34)22-30)32-12-6-10-28-21-38(46-24-35(28)32)29-13-14-36(45-23-29)41(51)44-17-7-9-27-8-5-11-31(19-27)47-37-15-16-40(50)48-42(37)52/h5-6,8,10-14,18-25,37,47H,15-17H2,1-4H3,(H,44,51)(H,48,50,52). The number of hydrogen-bond donors (Lipinski definition) is 3. The second kappa shape index (κ2) is 14.6. The van der Waals surface area contributed by atoms with Crippen molar-refractivity contribution in [2.24, 2.45) is 7.05 Å². The van der Waals surface area contributed by atoms with Gasteiger partial charge in [-0.2, -0.15) is 0 Å². The number of rotatable bonds is 7. The van der Waals surface area contributed by atoms with Gasteiger partial charge in [0.05, 0.1) is 17.8 Å². The highest BCUT2D eigenvalue weighted by Gasteiger charge is 2.26. The molecule has 10 heteroatoms. The zero-order chi connectivity index (χ0) is 37.2. The fourth-order valence-electron chi connectivity index (χ4n) is 6.62. The maximum Gasteiger partial charge on any atom is 0.270 e. The SMILES string of the molecule is Cc1cc2c(-c3cccc4cc(-c5ccc(C(=O)NCC#Cc6cccc(NC7CCC(=O)NC7=O)c6)nc5)ncc34)cc(C(C)C)cc2n(C)c1=O. The van der Waals surface area contributed by atoms with Crippen LogP contribution in [0.1, 0.15) is 59.8 Å². The average Bonchev–Trinajstić information content (AvgIpc) is 3.16. The van der Waals surface area contributed by atoms with E-state index in [2.05, 4.69) is 70.9 Å². The van der Waals surface area contributed by atoms with Crippen molar-refractivity contribution in [1.82, 2.24) is 25.2 Å². The first kappa shape index (κ1) is 34.8. The summed E-state index contributed by atoms with van der Waals surface area (Å²) in [6.07, 6.45) is 4.24.